The van der Waals surface area contributed by atoms with E-state index in [9.17, 15) is 0 Å². The highest BCUT2D eigenvalue weighted by atomic mass is 79.9. The largest absolute Gasteiger partial charge is 0.469 e. The van der Waals surface area contributed by atoms with Crippen molar-refractivity contribution >= 4 is 15.9 Å². The van der Waals surface area contributed by atoms with Crippen molar-refractivity contribution < 1.29 is 4.42 Å². The molecule has 1 aromatic carbocycles. The molecule has 1 heterocycles. The van der Waals surface area contributed by atoms with Crippen LogP contribution in [0.1, 0.15) is 54.3 Å². The minimum atomic E-state index is 0.199. The third-order valence-corrected chi connectivity index (χ3v) is 4.72. The van der Waals surface area contributed by atoms with Gasteiger partial charge in [-0.3, -0.25) is 0 Å². The summed E-state index contributed by atoms with van der Waals surface area (Å²) in [5.74, 6) is 1.07. The van der Waals surface area contributed by atoms with Crippen molar-refractivity contribution in [3.8, 4) is 0 Å². The third-order valence-electron chi connectivity index (χ3n) is 3.87. The Balaban J connectivity index is 2.48. The second-order valence-corrected chi connectivity index (χ2v) is 6.35. The van der Waals surface area contributed by atoms with Gasteiger partial charge in [-0.25, -0.2) is 0 Å². The number of nitrogens with one attached hydrogen (secondary N) is 1. The summed E-state index contributed by atoms with van der Waals surface area (Å²) in [5, 5.41) is 3.68. The Labute approximate surface area is 136 Å². The number of benzene rings is 1. The highest BCUT2D eigenvalue weighted by molar-refractivity contribution is 9.10. The van der Waals surface area contributed by atoms with Gasteiger partial charge in [0, 0.05) is 16.5 Å². The van der Waals surface area contributed by atoms with Crippen LogP contribution in [0, 0.1) is 13.8 Å². The Kier molecular flexibility index (Phi) is 5.65. The maximum Gasteiger partial charge on any atom is 0.108 e. The van der Waals surface area contributed by atoms with Crippen LogP contribution in [0.15, 0.2) is 33.4 Å². The Hall–Kier alpha value is -1.06. The minimum Gasteiger partial charge on any atom is -0.469 e. The molecule has 0 saturated heterocycles. The van der Waals surface area contributed by atoms with Crippen LogP contribution in [0.3, 0.4) is 0 Å². The lowest BCUT2D eigenvalue weighted by molar-refractivity contribution is 0.499. The molecule has 3 heteroatoms. The first-order valence-electron chi connectivity index (χ1n) is 7.64. The molecule has 114 valence electrons. The van der Waals surface area contributed by atoms with E-state index in [1.54, 1.807) is 6.26 Å². The van der Waals surface area contributed by atoms with E-state index in [2.05, 4.69) is 67.1 Å². The number of hydrogen-bond acceptors (Lipinski definition) is 2. The van der Waals surface area contributed by atoms with Gasteiger partial charge >= 0.3 is 0 Å². The molecule has 2 nitrogen and oxygen atoms in total. The Bertz CT molecular complexity index is 603. The first kappa shape index (κ1) is 16.3. The van der Waals surface area contributed by atoms with E-state index in [4.69, 9.17) is 4.42 Å². The van der Waals surface area contributed by atoms with Crippen LogP contribution in [0.2, 0.25) is 0 Å². The summed E-state index contributed by atoms with van der Waals surface area (Å²) < 4.78 is 6.81. The van der Waals surface area contributed by atoms with Gasteiger partial charge in [0.1, 0.15) is 5.76 Å². The van der Waals surface area contributed by atoms with Gasteiger partial charge in [0.15, 0.2) is 0 Å². The topological polar surface area (TPSA) is 25.2 Å². The Morgan fingerprint density at radius 1 is 1.14 bits per heavy atom. The van der Waals surface area contributed by atoms with Crippen molar-refractivity contribution in [3.63, 3.8) is 0 Å². The molecule has 0 radical (unpaired) electrons. The minimum absolute atomic E-state index is 0.199. The molecule has 1 unspecified atom stereocenters. The van der Waals surface area contributed by atoms with Gasteiger partial charge in [-0.05, 0) is 55.6 Å². The van der Waals surface area contributed by atoms with Crippen molar-refractivity contribution in [2.24, 2.45) is 0 Å². The smallest absolute Gasteiger partial charge is 0.108 e. The van der Waals surface area contributed by atoms with E-state index in [0.29, 0.717) is 0 Å². The summed E-state index contributed by atoms with van der Waals surface area (Å²) in [5.41, 5.74) is 5.15. The van der Waals surface area contributed by atoms with Crippen molar-refractivity contribution in [1.29, 1.82) is 0 Å². The monoisotopic (exact) mass is 349 g/mol. The molecule has 2 rings (SSSR count). The van der Waals surface area contributed by atoms with Crippen molar-refractivity contribution in [2.75, 3.05) is 6.54 Å². The fraction of sp³-hybridized carbons (Fsp3) is 0.444. The number of rotatable bonds is 6. The standard InChI is InChI=1S/C18H24BrNO/c1-5-8-20-18(14-7-9-21-17(14)6-2)15-10-13(4)16(19)11-12(15)3/h7,9-11,18,20H,5-6,8H2,1-4H3. The molecular weight excluding hydrogens is 326 g/mol. The molecule has 0 aliphatic heterocycles. The lowest BCUT2D eigenvalue weighted by Gasteiger charge is -2.22. The predicted molar refractivity (Wildman–Crippen MR) is 91.8 cm³/mol. The molecule has 0 aliphatic carbocycles. The van der Waals surface area contributed by atoms with Crippen LogP contribution in [-0.2, 0) is 6.42 Å². The lowest BCUT2D eigenvalue weighted by Crippen LogP contribution is -2.24. The Morgan fingerprint density at radius 2 is 1.90 bits per heavy atom. The highest BCUT2D eigenvalue weighted by Gasteiger charge is 2.20. The molecule has 1 N–H and O–H groups in total. The van der Waals surface area contributed by atoms with Gasteiger partial charge in [0.25, 0.3) is 0 Å². The zero-order chi connectivity index (χ0) is 15.4. The van der Waals surface area contributed by atoms with Gasteiger partial charge in [0.05, 0.1) is 12.3 Å². The first-order valence-corrected chi connectivity index (χ1v) is 8.44. The van der Waals surface area contributed by atoms with Crippen molar-refractivity contribution in [3.05, 3.63) is 56.9 Å². The molecule has 0 bridgehead atoms. The van der Waals surface area contributed by atoms with Crippen molar-refractivity contribution in [2.45, 2.75) is 46.6 Å². The fourth-order valence-corrected chi connectivity index (χ4v) is 3.14. The molecule has 0 spiro atoms. The fourth-order valence-electron chi connectivity index (χ4n) is 2.69. The van der Waals surface area contributed by atoms with Gasteiger partial charge in [-0.2, -0.15) is 0 Å². The number of furan rings is 1. The maximum atomic E-state index is 5.64. The first-order chi connectivity index (χ1) is 10.1. The molecule has 0 saturated carbocycles. The van der Waals surface area contributed by atoms with E-state index >= 15 is 0 Å². The van der Waals surface area contributed by atoms with Crippen LogP contribution < -0.4 is 5.32 Å². The van der Waals surface area contributed by atoms with Crippen LogP contribution >= 0.6 is 15.9 Å². The predicted octanol–water partition coefficient (Wildman–Crippen LogP) is 5.31. The zero-order valence-electron chi connectivity index (χ0n) is 13.3. The molecule has 0 fully saturated rings. The van der Waals surface area contributed by atoms with Gasteiger partial charge in [0.2, 0.25) is 0 Å². The maximum absolute atomic E-state index is 5.64. The van der Waals surface area contributed by atoms with Crippen LogP contribution in [0.5, 0.6) is 0 Å². The van der Waals surface area contributed by atoms with E-state index < -0.39 is 0 Å². The van der Waals surface area contributed by atoms with Gasteiger partial charge < -0.3 is 9.73 Å². The average Bonchev–Trinajstić information content (AvgIpc) is 2.93. The molecule has 0 amide bonds. The summed E-state index contributed by atoms with van der Waals surface area (Å²) in [7, 11) is 0. The third kappa shape index (κ3) is 3.58. The SMILES string of the molecule is CCCNC(c1cc(C)c(Br)cc1C)c1ccoc1CC. The quantitative estimate of drug-likeness (QED) is 0.764. The summed E-state index contributed by atoms with van der Waals surface area (Å²) in [4.78, 5) is 0. The molecule has 1 aromatic heterocycles. The summed E-state index contributed by atoms with van der Waals surface area (Å²) in [6, 6.07) is 6.78. The second kappa shape index (κ2) is 7.28. The number of halogens is 1. The highest BCUT2D eigenvalue weighted by Crippen LogP contribution is 2.31. The van der Waals surface area contributed by atoms with Crippen LogP contribution in [0.4, 0.5) is 0 Å². The zero-order valence-corrected chi connectivity index (χ0v) is 14.9. The van der Waals surface area contributed by atoms with Crippen molar-refractivity contribution in [1.82, 2.24) is 5.32 Å². The molecule has 21 heavy (non-hydrogen) atoms. The van der Waals surface area contributed by atoms with Gasteiger partial charge in [-0.15, -0.1) is 0 Å². The second-order valence-electron chi connectivity index (χ2n) is 5.50. The van der Waals surface area contributed by atoms with Gasteiger partial charge in [-0.1, -0.05) is 35.8 Å². The number of aryl methyl sites for hydroxylation is 3. The lowest BCUT2D eigenvalue weighted by atomic mass is 9.93. The van der Waals surface area contributed by atoms with E-state index in [1.807, 2.05) is 0 Å². The normalized spacial score (nSPS) is 12.6. The molecule has 1 atom stereocenters. The molecule has 0 aliphatic rings. The molecule has 2 aromatic rings. The summed E-state index contributed by atoms with van der Waals surface area (Å²) in [6.45, 7) is 9.64. The molecular formula is C18H24BrNO. The summed E-state index contributed by atoms with van der Waals surface area (Å²) in [6.07, 6.45) is 3.83. The number of hydrogen-bond donors (Lipinski definition) is 1. The summed E-state index contributed by atoms with van der Waals surface area (Å²) >= 11 is 3.62. The van der Waals surface area contributed by atoms with Crippen LogP contribution in [-0.4, -0.2) is 6.54 Å². The van der Waals surface area contributed by atoms with E-state index in [0.717, 1.165) is 25.1 Å². The Morgan fingerprint density at radius 3 is 2.57 bits per heavy atom. The average molecular weight is 350 g/mol. The van der Waals surface area contributed by atoms with E-state index in [-0.39, 0.29) is 6.04 Å². The van der Waals surface area contributed by atoms with Crippen LogP contribution in [0.25, 0.3) is 0 Å². The van der Waals surface area contributed by atoms with E-state index in [1.165, 1.54) is 26.7 Å².